The lowest BCUT2D eigenvalue weighted by atomic mass is 10.0. The van der Waals surface area contributed by atoms with Gasteiger partial charge in [-0.3, -0.25) is 0 Å². The van der Waals surface area contributed by atoms with Crippen molar-refractivity contribution in [2.24, 2.45) is 0 Å². The van der Waals surface area contributed by atoms with Crippen LogP contribution in [0.15, 0.2) is 40.1 Å². The monoisotopic (exact) mass is 308 g/mol. The molecule has 0 bridgehead atoms. The summed E-state index contributed by atoms with van der Waals surface area (Å²) < 4.78 is 36.7. The lowest BCUT2D eigenvalue weighted by Gasteiger charge is -2.13. The molecule has 0 aliphatic carbocycles. The fourth-order valence-corrected chi connectivity index (χ4v) is 3.52. The Morgan fingerprint density at radius 1 is 1.43 bits per heavy atom. The lowest BCUT2D eigenvalue weighted by Crippen LogP contribution is -2.33. The van der Waals surface area contributed by atoms with Gasteiger partial charge in [-0.1, -0.05) is 17.3 Å². The highest BCUT2D eigenvalue weighted by atomic mass is 32.2. The minimum atomic E-state index is -3.58. The zero-order chi connectivity index (χ0) is 14.9. The summed E-state index contributed by atoms with van der Waals surface area (Å²) in [6.07, 6.45) is 3.81. The van der Waals surface area contributed by atoms with Gasteiger partial charge in [-0.2, -0.15) is 0 Å². The smallest absolute Gasteiger partial charge is 0.245 e. The van der Waals surface area contributed by atoms with Crippen molar-refractivity contribution in [3.05, 3.63) is 41.8 Å². The molecule has 0 saturated carbocycles. The van der Waals surface area contributed by atoms with Crippen LogP contribution in [-0.4, -0.2) is 26.2 Å². The summed E-state index contributed by atoms with van der Waals surface area (Å²) >= 11 is 0. The summed E-state index contributed by atoms with van der Waals surface area (Å²) in [5.41, 5.74) is 2.27. The molecule has 1 unspecified atom stereocenters. The van der Waals surface area contributed by atoms with Crippen LogP contribution in [0.25, 0.3) is 0 Å². The summed E-state index contributed by atoms with van der Waals surface area (Å²) in [6, 6.07) is 5.75. The third-order valence-corrected chi connectivity index (χ3v) is 4.91. The quantitative estimate of drug-likeness (QED) is 0.905. The third kappa shape index (κ3) is 3.08. The second-order valence-corrected chi connectivity index (χ2v) is 6.84. The van der Waals surface area contributed by atoms with Crippen molar-refractivity contribution < 1.29 is 17.7 Å². The zero-order valence-corrected chi connectivity index (χ0v) is 12.4. The Bertz CT molecular complexity index is 725. The minimum Gasteiger partial charge on any atom is -0.493 e. The highest BCUT2D eigenvalue weighted by Gasteiger charge is 2.20. The van der Waals surface area contributed by atoms with Crippen molar-refractivity contribution in [1.82, 2.24) is 9.88 Å². The van der Waals surface area contributed by atoms with Gasteiger partial charge in [0.2, 0.25) is 10.0 Å². The fourth-order valence-electron chi connectivity index (χ4n) is 2.42. The Balaban J connectivity index is 1.68. The van der Waals surface area contributed by atoms with Gasteiger partial charge >= 0.3 is 0 Å². The number of sulfonamides is 1. The van der Waals surface area contributed by atoms with Crippen LogP contribution in [0, 0.1) is 0 Å². The standard InChI is InChI=1S/C14H16N2O4S/c1-10(16-21(17,18)13-8-15-20-9-13)6-11-2-3-14-12(7-11)4-5-19-14/h2-3,7-10,16H,4-6H2,1H3. The number of nitrogens with one attached hydrogen (secondary N) is 1. The number of rotatable bonds is 5. The molecule has 6 nitrogen and oxygen atoms in total. The summed E-state index contributed by atoms with van der Waals surface area (Å²) in [5.74, 6) is 0.927. The van der Waals surface area contributed by atoms with E-state index >= 15 is 0 Å². The number of fused-ring (bicyclic) bond motifs is 1. The Hall–Kier alpha value is -1.86. The van der Waals surface area contributed by atoms with E-state index in [0.29, 0.717) is 13.0 Å². The maximum Gasteiger partial charge on any atom is 0.245 e. The average molecular weight is 308 g/mol. The van der Waals surface area contributed by atoms with Gasteiger partial charge in [0.25, 0.3) is 0 Å². The van der Waals surface area contributed by atoms with Gasteiger partial charge in [0.15, 0.2) is 0 Å². The van der Waals surface area contributed by atoms with E-state index in [1.165, 1.54) is 11.8 Å². The fraction of sp³-hybridized carbons (Fsp3) is 0.357. The number of ether oxygens (including phenoxy) is 1. The molecule has 3 rings (SSSR count). The number of benzene rings is 1. The summed E-state index contributed by atoms with van der Waals surface area (Å²) in [7, 11) is -3.58. The number of nitrogens with zero attached hydrogens (tertiary/aromatic N) is 1. The maximum atomic E-state index is 12.1. The molecule has 21 heavy (non-hydrogen) atoms. The first-order valence-electron chi connectivity index (χ1n) is 6.71. The first-order valence-corrected chi connectivity index (χ1v) is 8.19. The first-order chi connectivity index (χ1) is 10.0. The number of hydrogen-bond acceptors (Lipinski definition) is 5. The van der Waals surface area contributed by atoms with Gasteiger partial charge in [-0.25, -0.2) is 13.1 Å². The second kappa shape index (κ2) is 5.50. The van der Waals surface area contributed by atoms with Gasteiger partial charge in [0.05, 0.1) is 12.8 Å². The van der Waals surface area contributed by atoms with Crippen LogP contribution in [0.2, 0.25) is 0 Å². The largest absolute Gasteiger partial charge is 0.493 e. The zero-order valence-electron chi connectivity index (χ0n) is 11.6. The molecule has 2 aromatic rings. The van der Waals surface area contributed by atoms with Crippen molar-refractivity contribution >= 4 is 10.0 Å². The third-order valence-electron chi connectivity index (χ3n) is 3.37. The molecule has 1 aromatic carbocycles. The molecule has 1 aromatic heterocycles. The second-order valence-electron chi connectivity index (χ2n) is 5.13. The van der Waals surface area contributed by atoms with Crippen LogP contribution in [0.3, 0.4) is 0 Å². The average Bonchev–Trinajstić information content (AvgIpc) is 3.09. The molecule has 7 heteroatoms. The van der Waals surface area contributed by atoms with Crippen LogP contribution < -0.4 is 9.46 Å². The van der Waals surface area contributed by atoms with E-state index in [4.69, 9.17) is 4.74 Å². The normalized spacial score (nSPS) is 15.5. The molecule has 2 heterocycles. The maximum absolute atomic E-state index is 12.1. The van der Waals surface area contributed by atoms with Crippen LogP contribution in [0.4, 0.5) is 0 Å². The molecular weight excluding hydrogens is 292 g/mol. The van der Waals surface area contributed by atoms with E-state index in [0.717, 1.165) is 24.0 Å². The molecular formula is C14H16N2O4S. The topological polar surface area (TPSA) is 81.4 Å². The molecule has 112 valence electrons. The van der Waals surface area contributed by atoms with Gasteiger partial charge in [0.1, 0.15) is 16.9 Å². The molecule has 1 N–H and O–H groups in total. The van der Waals surface area contributed by atoms with Gasteiger partial charge in [-0.15, -0.1) is 0 Å². The van der Waals surface area contributed by atoms with Crippen molar-refractivity contribution in [2.45, 2.75) is 30.7 Å². The van der Waals surface area contributed by atoms with Crippen molar-refractivity contribution in [3.63, 3.8) is 0 Å². The molecule has 1 aliphatic rings. The van der Waals surface area contributed by atoms with Crippen molar-refractivity contribution in [1.29, 1.82) is 0 Å². The predicted molar refractivity (Wildman–Crippen MR) is 75.6 cm³/mol. The Morgan fingerprint density at radius 3 is 3.05 bits per heavy atom. The Morgan fingerprint density at radius 2 is 2.29 bits per heavy atom. The molecule has 0 amide bonds. The highest BCUT2D eigenvalue weighted by Crippen LogP contribution is 2.26. The van der Waals surface area contributed by atoms with Gasteiger partial charge in [0, 0.05) is 12.5 Å². The highest BCUT2D eigenvalue weighted by molar-refractivity contribution is 7.89. The van der Waals surface area contributed by atoms with Gasteiger partial charge < -0.3 is 9.26 Å². The van der Waals surface area contributed by atoms with E-state index in [-0.39, 0.29) is 10.9 Å². The van der Waals surface area contributed by atoms with E-state index in [9.17, 15) is 8.42 Å². The molecule has 0 spiro atoms. The van der Waals surface area contributed by atoms with E-state index in [1.54, 1.807) is 0 Å². The number of aromatic nitrogens is 1. The van der Waals surface area contributed by atoms with Crippen LogP contribution in [0.1, 0.15) is 18.1 Å². The molecule has 1 atom stereocenters. The summed E-state index contributed by atoms with van der Waals surface area (Å²) in [6.45, 7) is 2.54. The van der Waals surface area contributed by atoms with Gasteiger partial charge in [-0.05, 0) is 30.5 Å². The van der Waals surface area contributed by atoms with Crippen LogP contribution >= 0.6 is 0 Å². The minimum absolute atomic E-state index is 0.0386. The predicted octanol–water partition coefficient (Wildman–Crippen LogP) is 1.52. The first kappa shape index (κ1) is 14.1. The Kier molecular flexibility index (Phi) is 3.69. The lowest BCUT2D eigenvalue weighted by molar-refractivity contribution is 0.357. The van der Waals surface area contributed by atoms with E-state index < -0.39 is 10.0 Å². The SMILES string of the molecule is CC(Cc1ccc2c(c1)CCO2)NS(=O)(=O)c1cnoc1. The van der Waals surface area contributed by atoms with Crippen LogP contribution in [0.5, 0.6) is 5.75 Å². The molecule has 1 aliphatic heterocycles. The molecule has 0 radical (unpaired) electrons. The molecule has 0 saturated heterocycles. The van der Waals surface area contributed by atoms with E-state index in [2.05, 4.69) is 20.5 Å². The summed E-state index contributed by atoms with van der Waals surface area (Å²) in [4.78, 5) is 0.0386. The van der Waals surface area contributed by atoms with Crippen molar-refractivity contribution in [2.75, 3.05) is 6.61 Å². The summed E-state index contributed by atoms with van der Waals surface area (Å²) in [5, 5.41) is 3.41. The van der Waals surface area contributed by atoms with E-state index in [1.807, 2.05) is 19.1 Å². The molecule has 0 fully saturated rings. The number of hydrogen-bond donors (Lipinski definition) is 1. The van der Waals surface area contributed by atoms with Crippen molar-refractivity contribution in [3.8, 4) is 5.75 Å². The van der Waals surface area contributed by atoms with Crippen LogP contribution in [-0.2, 0) is 22.9 Å². The Labute approximate surface area is 123 Å².